The van der Waals surface area contributed by atoms with Crippen LogP contribution in [0.1, 0.15) is 5.56 Å². The average Bonchev–Trinajstić information content (AvgIpc) is 2.38. The van der Waals surface area contributed by atoms with Crippen molar-refractivity contribution in [2.24, 2.45) is 0 Å². The predicted octanol–water partition coefficient (Wildman–Crippen LogP) is 2.72. The Labute approximate surface area is 102 Å². The first kappa shape index (κ1) is 12.4. The van der Waals surface area contributed by atoms with Crippen LogP contribution >= 0.6 is 0 Å². The topological polar surface area (TPSA) is 13.1 Å². The van der Waals surface area contributed by atoms with Gasteiger partial charge in [0.15, 0.2) is 0 Å². The van der Waals surface area contributed by atoms with Crippen LogP contribution in [0.15, 0.2) is 48.8 Å². The van der Waals surface area contributed by atoms with Crippen molar-refractivity contribution in [1.29, 1.82) is 0 Å². The molecule has 0 atom stereocenters. The zero-order valence-electron chi connectivity index (χ0n) is 9.61. The Morgan fingerprint density at radius 2 is 1.39 bits per heavy atom. The molecule has 2 aromatic rings. The molecule has 18 heavy (non-hydrogen) atoms. The van der Waals surface area contributed by atoms with E-state index >= 15 is 0 Å². The molecule has 0 saturated heterocycles. The Bertz CT molecular complexity index is 517. The predicted molar refractivity (Wildman–Crippen MR) is 59.6 cm³/mol. The summed E-state index contributed by atoms with van der Waals surface area (Å²) in [5.74, 6) is 0. The lowest BCUT2D eigenvalue weighted by Crippen LogP contribution is -2.39. The monoisotopic (exact) mass is 254 g/mol. The highest BCUT2D eigenvalue weighted by Crippen LogP contribution is 2.30. The average molecular weight is 254 g/mol. The van der Waals surface area contributed by atoms with Crippen LogP contribution < -0.4 is 9.57 Å². The van der Waals surface area contributed by atoms with E-state index in [9.17, 15) is 13.2 Å². The van der Waals surface area contributed by atoms with E-state index in [2.05, 4.69) is 0 Å². The van der Waals surface area contributed by atoms with E-state index in [1.165, 1.54) is 24.0 Å². The van der Waals surface area contributed by atoms with Crippen molar-refractivity contribution in [2.45, 2.75) is 6.18 Å². The third-order valence-corrected chi connectivity index (χ3v) is 2.56. The number of hydrogen-bond donors (Lipinski definition) is 0. The lowest BCUT2D eigenvalue weighted by molar-refractivity contribution is -0.885. The fourth-order valence-electron chi connectivity index (χ4n) is 1.58. The number of benzene rings is 1. The molecule has 1 aromatic carbocycles. The summed E-state index contributed by atoms with van der Waals surface area (Å²) < 4.78 is 38.7. The van der Waals surface area contributed by atoms with Crippen molar-refractivity contribution in [3.8, 4) is 11.1 Å². The fraction of sp³-hybridized carbons (Fsp3) is 0.154. The summed E-state index contributed by atoms with van der Waals surface area (Å²) in [4.78, 5) is 4.94. The van der Waals surface area contributed by atoms with E-state index in [0.29, 0.717) is 0 Å². The maximum Gasteiger partial charge on any atom is 0.416 e. The Morgan fingerprint density at radius 1 is 0.889 bits per heavy atom. The van der Waals surface area contributed by atoms with Crippen LogP contribution in [-0.2, 0) is 6.18 Å². The summed E-state index contributed by atoms with van der Waals surface area (Å²) in [6.07, 6.45) is -0.922. The van der Waals surface area contributed by atoms with Crippen molar-refractivity contribution in [2.75, 3.05) is 7.11 Å². The fourth-order valence-corrected chi connectivity index (χ4v) is 1.58. The van der Waals surface area contributed by atoms with Gasteiger partial charge in [0.25, 0.3) is 0 Å². The van der Waals surface area contributed by atoms with Crippen LogP contribution in [0.25, 0.3) is 11.1 Å². The van der Waals surface area contributed by atoms with Crippen molar-refractivity contribution in [3.63, 3.8) is 0 Å². The zero-order valence-corrected chi connectivity index (χ0v) is 9.61. The summed E-state index contributed by atoms with van der Waals surface area (Å²) in [5.41, 5.74) is 0.914. The summed E-state index contributed by atoms with van der Waals surface area (Å²) in [5, 5.41) is 0. The van der Waals surface area contributed by atoms with E-state index in [0.717, 1.165) is 23.3 Å². The molecular weight excluding hydrogens is 243 g/mol. The lowest BCUT2D eigenvalue weighted by atomic mass is 10.1. The van der Waals surface area contributed by atoms with Gasteiger partial charge < -0.3 is 0 Å². The third-order valence-electron chi connectivity index (χ3n) is 2.56. The first-order valence-corrected chi connectivity index (χ1v) is 5.24. The van der Waals surface area contributed by atoms with E-state index in [1.807, 2.05) is 0 Å². The SMILES string of the molecule is CO[n+]1ccc(-c2ccc(C(F)(F)F)cc2)cc1. The van der Waals surface area contributed by atoms with Gasteiger partial charge in [-0.3, -0.25) is 4.84 Å². The van der Waals surface area contributed by atoms with E-state index in [1.54, 1.807) is 24.5 Å². The van der Waals surface area contributed by atoms with Gasteiger partial charge in [0.05, 0.1) is 5.56 Å². The summed E-state index contributed by atoms with van der Waals surface area (Å²) in [6, 6.07) is 8.60. The standard InChI is InChI=1S/C13H11F3NO/c1-18-17-8-6-11(7-9-17)10-2-4-12(5-3-10)13(14,15)16/h2-9H,1H3/q+1. The number of pyridine rings is 1. The Morgan fingerprint density at radius 3 is 1.83 bits per heavy atom. The van der Waals surface area contributed by atoms with Gasteiger partial charge in [-0.15, -0.1) is 0 Å². The van der Waals surface area contributed by atoms with Gasteiger partial charge in [0, 0.05) is 16.9 Å². The van der Waals surface area contributed by atoms with Crippen molar-refractivity contribution < 1.29 is 22.7 Å². The van der Waals surface area contributed by atoms with Gasteiger partial charge in [-0.1, -0.05) is 12.1 Å². The first-order valence-electron chi connectivity index (χ1n) is 5.24. The van der Waals surface area contributed by atoms with Crippen LogP contribution in [0.5, 0.6) is 0 Å². The molecule has 0 fully saturated rings. The molecule has 94 valence electrons. The molecule has 0 aliphatic rings. The summed E-state index contributed by atoms with van der Waals surface area (Å²) in [6.45, 7) is 0. The Hall–Kier alpha value is -2.04. The Kier molecular flexibility index (Phi) is 3.23. The minimum atomic E-state index is -4.30. The number of rotatable bonds is 2. The molecule has 5 heteroatoms. The number of halogens is 3. The molecule has 1 aromatic heterocycles. The van der Waals surface area contributed by atoms with Crippen molar-refractivity contribution >= 4 is 0 Å². The second-order valence-corrected chi connectivity index (χ2v) is 3.70. The zero-order chi connectivity index (χ0) is 13.2. The maximum atomic E-state index is 12.4. The molecule has 1 heterocycles. The molecule has 0 unspecified atom stereocenters. The lowest BCUT2D eigenvalue weighted by Gasteiger charge is -2.07. The van der Waals surface area contributed by atoms with E-state index in [4.69, 9.17) is 4.84 Å². The minimum Gasteiger partial charge on any atom is -0.275 e. The molecule has 0 amide bonds. The highest BCUT2D eigenvalue weighted by Gasteiger charge is 2.29. The maximum absolute atomic E-state index is 12.4. The molecule has 0 aliphatic heterocycles. The number of nitrogens with zero attached hydrogens (tertiary/aromatic N) is 1. The van der Waals surface area contributed by atoms with Gasteiger partial charge in [-0.25, -0.2) is 0 Å². The van der Waals surface area contributed by atoms with E-state index in [-0.39, 0.29) is 0 Å². The van der Waals surface area contributed by atoms with Gasteiger partial charge in [0.2, 0.25) is 12.4 Å². The summed E-state index contributed by atoms with van der Waals surface area (Å²) >= 11 is 0. The molecule has 0 saturated carbocycles. The van der Waals surface area contributed by atoms with E-state index < -0.39 is 11.7 Å². The Balaban J connectivity index is 2.28. The molecule has 0 bridgehead atoms. The molecule has 2 rings (SSSR count). The number of alkyl halides is 3. The molecule has 0 radical (unpaired) electrons. The van der Waals surface area contributed by atoms with Crippen LogP contribution in [0.2, 0.25) is 0 Å². The second kappa shape index (κ2) is 4.68. The van der Waals surface area contributed by atoms with Crippen LogP contribution in [0.4, 0.5) is 13.2 Å². The quantitative estimate of drug-likeness (QED) is 0.751. The molecular formula is C13H11F3NO+. The van der Waals surface area contributed by atoms with Gasteiger partial charge >= 0.3 is 6.18 Å². The number of hydrogen-bond acceptors (Lipinski definition) is 1. The molecule has 2 nitrogen and oxygen atoms in total. The first-order chi connectivity index (χ1) is 8.50. The van der Waals surface area contributed by atoms with Gasteiger partial charge in [0.1, 0.15) is 7.11 Å². The van der Waals surface area contributed by atoms with Crippen LogP contribution in [0.3, 0.4) is 0 Å². The van der Waals surface area contributed by atoms with Crippen LogP contribution in [-0.4, -0.2) is 7.11 Å². The third kappa shape index (κ3) is 2.61. The highest BCUT2D eigenvalue weighted by molar-refractivity contribution is 5.62. The normalized spacial score (nSPS) is 11.3. The molecule has 0 N–H and O–H groups in total. The molecule has 0 aliphatic carbocycles. The van der Waals surface area contributed by atoms with Crippen molar-refractivity contribution in [1.82, 2.24) is 0 Å². The van der Waals surface area contributed by atoms with Gasteiger partial charge in [-0.2, -0.15) is 13.2 Å². The van der Waals surface area contributed by atoms with Crippen molar-refractivity contribution in [3.05, 3.63) is 54.4 Å². The van der Waals surface area contributed by atoms with Gasteiger partial charge in [-0.05, 0) is 23.3 Å². The largest absolute Gasteiger partial charge is 0.416 e. The molecule has 0 spiro atoms. The number of aromatic nitrogens is 1. The van der Waals surface area contributed by atoms with Crippen LogP contribution in [0, 0.1) is 0 Å². The second-order valence-electron chi connectivity index (χ2n) is 3.70. The minimum absolute atomic E-state index is 0.644. The highest BCUT2D eigenvalue weighted by atomic mass is 19.4. The summed E-state index contributed by atoms with van der Waals surface area (Å²) in [7, 11) is 1.53. The smallest absolute Gasteiger partial charge is 0.275 e.